The number of hydrogen-bond donors (Lipinski definition) is 0. The summed E-state index contributed by atoms with van der Waals surface area (Å²) in [5, 5.41) is 5.84. The Kier molecular flexibility index (Phi) is 5.93. The molecule has 1 nitrogen and oxygen atoms in total. The van der Waals surface area contributed by atoms with Gasteiger partial charge < -0.3 is 0 Å². The average molecular weight is 496 g/mol. The maximum absolute atomic E-state index is 13.7. The maximum atomic E-state index is 13.7. The minimum absolute atomic E-state index is 0.201. The van der Waals surface area contributed by atoms with Crippen LogP contribution in [0.3, 0.4) is 0 Å². The van der Waals surface area contributed by atoms with Gasteiger partial charge in [-0.25, -0.2) is 0 Å². The number of alkyl halides is 2. The van der Waals surface area contributed by atoms with E-state index in [4.69, 9.17) is 0 Å². The molecule has 0 heterocycles. The summed E-state index contributed by atoms with van der Waals surface area (Å²) in [4.78, 5) is 13.7. The fraction of sp³-hybridized carbons (Fsp3) is 0.160. The van der Waals surface area contributed by atoms with Crippen molar-refractivity contribution < 1.29 is 4.79 Å². The van der Waals surface area contributed by atoms with Gasteiger partial charge >= 0.3 is 0 Å². The van der Waals surface area contributed by atoms with Crippen LogP contribution in [0.25, 0.3) is 21.5 Å². The number of halogens is 2. The first-order valence-electron chi connectivity index (χ1n) is 9.35. The molecule has 0 saturated heterocycles. The lowest BCUT2D eigenvalue weighted by atomic mass is 9.82. The summed E-state index contributed by atoms with van der Waals surface area (Å²) in [7, 11) is 0. The summed E-state index contributed by atoms with van der Waals surface area (Å²) < 4.78 is 0. The first-order valence-corrected chi connectivity index (χ1v) is 11.6. The van der Waals surface area contributed by atoms with Gasteiger partial charge in [0.15, 0.2) is 0 Å². The third-order valence-electron chi connectivity index (χ3n) is 5.39. The van der Waals surface area contributed by atoms with Crippen LogP contribution in [-0.2, 0) is 4.79 Å². The molecule has 0 spiro atoms. The van der Waals surface area contributed by atoms with E-state index in [1.165, 1.54) is 10.8 Å². The number of Topliss-reactive ketones (excluding diaryl/α,β-unsaturated/α-hetero) is 1. The average Bonchev–Trinajstić information content (AvgIpc) is 2.75. The molecule has 0 N–H and O–H groups in total. The maximum Gasteiger partial charge on any atom is 0.149 e. The largest absolute Gasteiger partial charge is 0.298 e. The molecule has 3 heteroatoms. The van der Waals surface area contributed by atoms with Crippen molar-refractivity contribution in [3.05, 3.63) is 96.1 Å². The Labute approximate surface area is 182 Å². The van der Waals surface area contributed by atoms with Crippen LogP contribution in [0, 0.1) is 0 Å². The highest BCUT2D eigenvalue weighted by molar-refractivity contribution is 9.09. The molecule has 0 saturated carbocycles. The first kappa shape index (κ1) is 19.4. The molecule has 0 amide bonds. The summed E-state index contributed by atoms with van der Waals surface area (Å²) in [5.74, 6) is -0.165. The second-order valence-electron chi connectivity index (χ2n) is 6.95. The van der Waals surface area contributed by atoms with Gasteiger partial charge in [-0.15, -0.1) is 0 Å². The molecule has 0 bridgehead atoms. The van der Waals surface area contributed by atoms with Crippen molar-refractivity contribution in [2.24, 2.45) is 0 Å². The molecule has 0 aliphatic heterocycles. The predicted molar refractivity (Wildman–Crippen MR) is 126 cm³/mol. The van der Waals surface area contributed by atoms with Crippen molar-refractivity contribution in [2.45, 2.75) is 11.8 Å². The van der Waals surface area contributed by atoms with Gasteiger partial charge in [0.25, 0.3) is 0 Å². The van der Waals surface area contributed by atoms with Crippen LogP contribution in [0.5, 0.6) is 0 Å². The number of ketones is 1. The van der Waals surface area contributed by atoms with Crippen molar-refractivity contribution in [1.82, 2.24) is 0 Å². The minimum Gasteiger partial charge on any atom is -0.298 e. The monoisotopic (exact) mass is 494 g/mol. The molecule has 0 aliphatic rings. The third-order valence-corrected chi connectivity index (χ3v) is 6.69. The van der Waals surface area contributed by atoms with Crippen LogP contribution in [0.15, 0.2) is 84.9 Å². The Morgan fingerprint density at radius 2 is 1.00 bits per heavy atom. The molecule has 0 radical (unpaired) electrons. The van der Waals surface area contributed by atoms with E-state index in [9.17, 15) is 4.79 Å². The molecule has 2 unspecified atom stereocenters. The van der Waals surface area contributed by atoms with Crippen molar-refractivity contribution in [1.29, 1.82) is 0 Å². The zero-order chi connectivity index (χ0) is 19.5. The van der Waals surface area contributed by atoms with Gasteiger partial charge in [0, 0.05) is 10.7 Å². The SMILES string of the molecule is O=C(C(CBr)c1cccc2ccccc12)C(CBr)c1cccc2ccccc12. The number of carbonyl (C=O) groups is 1. The van der Waals surface area contributed by atoms with E-state index in [1.807, 2.05) is 36.4 Å². The standard InChI is InChI=1S/C25H20Br2O/c26-15-23(21-13-5-9-17-7-1-3-11-19(17)21)25(28)24(16-27)22-14-6-10-18-8-2-4-12-20(18)22/h1-14,23-24H,15-16H2. The minimum atomic E-state index is -0.201. The molecular weight excluding hydrogens is 476 g/mol. The number of fused-ring (bicyclic) bond motifs is 2. The molecule has 4 aromatic rings. The summed E-state index contributed by atoms with van der Waals surface area (Å²) in [6.07, 6.45) is 0. The van der Waals surface area contributed by atoms with Crippen LogP contribution in [0.4, 0.5) is 0 Å². The zero-order valence-corrected chi connectivity index (χ0v) is 18.5. The van der Waals surface area contributed by atoms with Crippen LogP contribution in [0.2, 0.25) is 0 Å². The van der Waals surface area contributed by atoms with E-state index >= 15 is 0 Å². The highest BCUT2D eigenvalue weighted by Crippen LogP contribution is 2.35. The van der Waals surface area contributed by atoms with Crippen molar-refractivity contribution >= 4 is 59.2 Å². The second-order valence-corrected chi connectivity index (χ2v) is 8.25. The van der Waals surface area contributed by atoms with E-state index in [-0.39, 0.29) is 17.6 Å². The van der Waals surface area contributed by atoms with E-state index in [2.05, 4.69) is 80.4 Å². The van der Waals surface area contributed by atoms with E-state index in [1.54, 1.807) is 0 Å². The lowest BCUT2D eigenvalue weighted by molar-refractivity contribution is -0.120. The summed E-state index contributed by atoms with van der Waals surface area (Å²) in [6, 6.07) is 29.0. The lowest BCUT2D eigenvalue weighted by Crippen LogP contribution is -2.23. The number of hydrogen-bond acceptors (Lipinski definition) is 1. The fourth-order valence-corrected chi connectivity index (χ4v) is 5.31. The number of rotatable bonds is 6. The van der Waals surface area contributed by atoms with Gasteiger partial charge in [-0.2, -0.15) is 0 Å². The highest BCUT2D eigenvalue weighted by Gasteiger charge is 2.30. The predicted octanol–water partition coefficient (Wildman–Crippen LogP) is 7.22. The molecule has 28 heavy (non-hydrogen) atoms. The van der Waals surface area contributed by atoms with Crippen molar-refractivity contribution in [3.63, 3.8) is 0 Å². The quantitative estimate of drug-likeness (QED) is 0.258. The van der Waals surface area contributed by atoms with Gasteiger partial charge in [0.2, 0.25) is 0 Å². The Bertz CT molecular complexity index is 1040. The van der Waals surface area contributed by atoms with Crippen molar-refractivity contribution in [3.8, 4) is 0 Å². The second kappa shape index (κ2) is 8.59. The van der Waals surface area contributed by atoms with Gasteiger partial charge in [-0.3, -0.25) is 4.79 Å². The first-order chi connectivity index (χ1) is 13.7. The van der Waals surface area contributed by atoms with Gasteiger partial charge in [0.1, 0.15) is 5.78 Å². The molecule has 4 rings (SSSR count). The molecule has 140 valence electrons. The fourth-order valence-electron chi connectivity index (χ4n) is 3.98. The smallest absolute Gasteiger partial charge is 0.149 e. The molecule has 0 aromatic heterocycles. The van der Waals surface area contributed by atoms with Crippen LogP contribution in [-0.4, -0.2) is 16.4 Å². The molecular formula is C25H20Br2O. The molecule has 0 fully saturated rings. The van der Waals surface area contributed by atoms with Gasteiger partial charge in [-0.1, -0.05) is 117 Å². The van der Waals surface area contributed by atoms with E-state index in [0.717, 1.165) is 21.9 Å². The number of benzene rings is 4. The number of carbonyl (C=O) groups excluding carboxylic acids is 1. The van der Waals surface area contributed by atoms with Crippen LogP contribution < -0.4 is 0 Å². The third kappa shape index (κ3) is 3.54. The Morgan fingerprint density at radius 3 is 1.43 bits per heavy atom. The summed E-state index contributed by atoms with van der Waals surface area (Å²) in [5.41, 5.74) is 2.18. The van der Waals surface area contributed by atoms with Gasteiger partial charge in [-0.05, 0) is 32.7 Å². The highest BCUT2D eigenvalue weighted by atomic mass is 79.9. The van der Waals surface area contributed by atoms with E-state index < -0.39 is 0 Å². The Balaban J connectivity index is 1.80. The summed E-state index contributed by atoms with van der Waals surface area (Å²) in [6.45, 7) is 0. The summed E-state index contributed by atoms with van der Waals surface area (Å²) >= 11 is 7.25. The zero-order valence-electron chi connectivity index (χ0n) is 15.3. The van der Waals surface area contributed by atoms with Crippen LogP contribution >= 0.6 is 31.9 Å². The lowest BCUT2D eigenvalue weighted by Gasteiger charge is -2.23. The Hall–Kier alpha value is -1.97. The molecule has 0 aliphatic carbocycles. The normalized spacial score (nSPS) is 13.5. The van der Waals surface area contributed by atoms with Crippen molar-refractivity contribution in [2.75, 3.05) is 10.7 Å². The van der Waals surface area contributed by atoms with Gasteiger partial charge in [0.05, 0.1) is 11.8 Å². The Morgan fingerprint density at radius 1 is 0.607 bits per heavy atom. The van der Waals surface area contributed by atoms with Crippen LogP contribution in [0.1, 0.15) is 23.0 Å². The molecule has 4 aromatic carbocycles. The van der Waals surface area contributed by atoms with E-state index in [0.29, 0.717) is 10.7 Å². The topological polar surface area (TPSA) is 17.1 Å². The molecule has 2 atom stereocenters.